The molecule has 0 bridgehead atoms. The van der Waals surface area contributed by atoms with Gasteiger partial charge < -0.3 is 9.15 Å². The minimum absolute atomic E-state index is 0.0883. The maximum absolute atomic E-state index is 11.6. The summed E-state index contributed by atoms with van der Waals surface area (Å²) in [5, 5.41) is 11.6. The van der Waals surface area contributed by atoms with Gasteiger partial charge in [0.05, 0.1) is 12.0 Å². The van der Waals surface area contributed by atoms with E-state index in [1.165, 1.54) is 12.1 Å². The van der Waals surface area contributed by atoms with Crippen molar-refractivity contribution in [2.45, 2.75) is 6.42 Å². The number of aldehydes is 1. The second-order valence-corrected chi connectivity index (χ2v) is 6.43. The van der Waals surface area contributed by atoms with Crippen molar-refractivity contribution < 1.29 is 18.9 Å². The van der Waals surface area contributed by atoms with Crippen LogP contribution in [0.3, 0.4) is 0 Å². The lowest BCUT2D eigenvalue weighted by molar-refractivity contribution is -0.384. The van der Waals surface area contributed by atoms with Crippen molar-refractivity contribution >= 4 is 27.9 Å². The van der Waals surface area contributed by atoms with E-state index in [2.05, 4.69) is 15.9 Å². The Kier molecular flexibility index (Phi) is 5.18. The summed E-state index contributed by atoms with van der Waals surface area (Å²) in [6.07, 6.45) is 1.09. The van der Waals surface area contributed by atoms with Gasteiger partial charge in [-0.3, -0.25) is 14.9 Å². The molecule has 0 fully saturated rings. The van der Waals surface area contributed by atoms with Crippen LogP contribution in [0.5, 0.6) is 5.75 Å². The third kappa shape index (κ3) is 3.67. The van der Waals surface area contributed by atoms with E-state index in [1.54, 1.807) is 13.2 Å². The molecule has 0 radical (unpaired) electrons. The first-order chi connectivity index (χ1) is 12.5. The van der Waals surface area contributed by atoms with Crippen LogP contribution in [-0.2, 0) is 6.42 Å². The van der Waals surface area contributed by atoms with Gasteiger partial charge in [-0.25, -0.2) is 0 Å². The van der Waals surface area contributed by atoms with Crippen molar-refractivity contribution in [2.75, 3.05) is 7.11 Å². The first kappa shape index (κ1) is 17.9. The monoisotopic (exact) mass is 415 g/mol. The molecule has 0 atom stereocenters. The predicted molar refractivity (Wildman–Crippen MR) is 99.7 cm³/mol. The summed E-state index contributed by atoms with van der Waals surface area (Å²) < 4.78 is 11.0. The van der Waals surface area contributed by atoms with Gasteiger partial charge >= 0.3 is 0 Å². The lowest BCUT2D eigenvalue weighted by atomic mass is 10.0. The Morgan fingerprint density at radius 2 is 1.88 bits per heavy atom. The second-order valence-electron chi connectivity index (χ2n) is 5.57. The van der Waals surface area contributed by atoms with E-state index in [-0.39, 0.29) is 17.2 Å². The zero-order chi connectivity index (χ0) is 18.7. The molecule has 0 aliphatic rings. The molecule has 7 heteroatoms. The minimum atomic E-state index is -0.458. The normalized spacial score (nSPS) is 10.5. The molecule has 26 heavy (non-hydrogen) atoms. The highest BCUT2D eigenvalue weighted by atomic mass is 79.9. The van der Waals surface area contributed by atoms with E-state index in [0.717, 1.165) is 16.9 Å². The Morgan fingerprint density at radius 1 is 1.15 bits per heavy atom. The van der Waals surface area contributed by atoms with Crippen LogP contribution in [0.15, 0.2) is 57.4 Å². The summed E-state index contributed by atoms with van der Waals surface area (Å²) >= 11 is 3.40. The number of rotatable bonds is 6. The summed E-state index contributed by atoms with van der Waals surface area (Å²) in [6, 6.07) is 13.9. The summed E-state index contributed by atoms with van der Waals surface area (Å²) in [7, 11) is 1.60. The first-order valence-corrected chi connectivity index (χ1v) is 8.46. The van der Waals surface area contributed by atoms with Gasteiger partial charge in [0.15, 0.2) is 12.0 Å². The summed E-state index contributed by atoms with van der Waals surface area (Å²) in [5.74, 6) is 1.13. The average Bonchev–Trinajstić information content (AvgIpc) is 3.10. The number of carbonyl (C=O) groups is 1. The third-order valence-electron chi connectivity index (χ3n) is 3.88. The van der Waals surface area contributed by atoms with Crippen molar-refractivity contribution in [3.05, 3.63) is 80.0 Å². The number of carbonyl (C=O) groups excluding carboxylic acids is 1. The zero-order valence-electron chi connectivity index (χ0n) is 13.8. The number of nitro groups is 1. The van der Waals surface area contributed by atoms with Crippen LogP contribution < -0.4 is 4.74 Å². The maximum Gasteiger partial charge on any atom is 0.281 e. The SMILES string of the molecule is COc1ccc(Cc2cc(Br)c(-c3ccc(C=O)o3)c([N+](=O)[O-])c2)cc1. The number of nitro benzene ring substituents is 1. The molecule has 1 aromatic heterocycles. The van der Waals surface area contributed by atoms with Gasteiger partial charge in [0.2, 0.25) is 0 Å². The molecule has 6 nitrogen and oxygen atoms in total. The molecule has 0 saturated carbocycles. The Bertz CT molecular complexity index is 963. The molecule has 0 aliphatic heterocycles. The highest BCUT2D eigenvalue weighted by Gasteiger charge is 2.23. The Labute approximate surface area is 157 Å². The van der Waals surface area contributed by atoms with Gasteiger partial charge in [-0.05, 0) is 63.8 Å². The molecule has 0 aliphatic carbocycles. The van der Waals surface area contributed by atoms with Crippen molar-refractivity contribution in [1.82, 2.24) is 0 Å². The number of furan rings is 1. The van der Waals surface area contributed by atoms with Crippen LogP contribution in [-0.4, -0.2) is 18.3 Å². The van der Waals surface area contributed by atoms with Crippen molar-refractivity contribution in [3.8, 4) is 17.1 Å². The largest absolute Gasteiger partial charge is 0.497 e. The smallest absolute Gasteiger partial charge is 0.281 e. The second kappa shape index (κ2) is 7.53. The average molecular weight is 416 g/mol. The van der Waals surface area contributed by atoms with Crippen molar-refractivity contribution in [2.24, 2.45) is 0 Å². The van der Waals surface area contributed by atoms with Crippen LogP contribution in [0.25, 0.3) is 11.3 Å². The Balaban J connectivity index is 2.00. The van der Waals surface area contributed by atoms with Crippen LogP contribution in [0, 0.1) is 10.1 Å². The topological polar surface area (TPSA) is 82.6 Å². The fourth-order valence-electron chi connectivity index (χ4n) is 2.67. The molecular weight excluding hydrogens is 402 g/mol. The zero-order valence-corrected chi connectivity index (χ0v) is 15.4. The van der Waals surface area contributed by atoms with Gasteiger partial charge in [-0.2, -0.15) is 0 Å². The van der Waals surface area contributed by atoms with Gasteiger partial charge in [0, 0.05) is 10.5 Å². The molecule has 132 valence electrons. The number of halogens is 1. The highest BCUT2D eigenvalue weighted by Crippen LogP contribution is 2.39. The fourth-order valence-corrected chi connectivity index (χ4v) is 3.36. The molecule has 1 heterocycles. The lowest BCUT2D eigenvalue weighted by Gasteiger charge is -2.08. The van der Waals surface area contributed by atoms with Gasteiger partial charge in [0.25, 0.3) is 5.69 Å². The van der Waals surface area contributed by atoms with Crippen molar-refractivity contribution in [3.63, 3.8) is 0 Å². The molecular formula is C19H14BrNO5. The molecule has 3 aromatic rings. The lowest BCUT2D eigenvalue weighted by Crippen LogP contribution is -1.97. The fraction of sp³-hybridized carbons (Fsp3) is 0.105. The molecule has 0 amide bonds. The Hall–Kier alpha value is -2.93. The van der Waals surface area contributed by atoms with Crippen LogP contribution in [0.4, 0.5) is 5.69 Å². The van der Waals surface area contributed by atoms with Gasteiger partial charge in [-0.15, -0.1) is 0 Å². The van der Waals surface area contributed by atoms with Crippen LogP contribution in [0.1, 0.15) is 21.7 Å². The van der Waals surface area contributed by atoms with E-state index in [4.69, 9.17) is 9.15 Å². The van der Waals surface area contributed by atoms with E-state index < -0.39 is 4.92 Å². The molecule has 0 unspecified atom stereocenters. The summed E-state index contributed by atoms with van der Waals surface area (Å²) in [6.45, 7) is 0. The molecule has 0 spiro atoms. The number of benzene rings is 2. The predicted octanol–water partition coefficient (Wildman–Crippen LogP) is 5.03. The molecule has 0 saturated heterocycles. The molecule has 2 aromatic carbocycles. The molecule has 0 N–H and O–H groups in total. The van der Waals surface area contributed by atoms with E-state index in [1.807, 2.05) is 30.3 Å². The van der Waals surface area contributed by atoms with Gasteiger partial charge in [-0.1, -0.05) is 12.1 Å². The number of nitrogens with zero attached hydrogens (tertiary/aromatic N) is 1. The summed E-state index contributed by atoms with van der Waals surface area (Å²) in [5.41, 5.74) is 2.00. The summed E-state index contributed by atoms with van der Waals surface area (Å²) in [4.78, 5) is 21.9. The standard InChI is InChI=1S/C19H14BrNO5/c1-25-14-4-2-12(3-5-14)8-13-9-16(20)19(17(10-13)21(23)24)18-7-6-15(11-22)26-18/h2-7,9-11H,8H2,1H3. The Morgan fingerprint density at radius 3 is 2.46 bits per heavy atom. The van der Waals surface area contributed by atoms with E-state index in [0.29, 0.717) is 22.7 Å². The molecule has 3 rings (SSSR count). The number of hydrogen-bond acceptors (Lipinski definition) is 5. The van der Waals surface area contributed by atoms with E-state index in [9.17, 15) is 14.9 Å². The van der Waals surface area contributed by atoms with Crippen LogP contribution >= 0.6 is 15.9 Å². The number of methoxy groups -OCH3 is 1. The van der Waals surface area contributed by atoms with Crippen molar-refractivity contribution in [1.29, 1.82) is 0 Å². The van der Waals surface area contributed by atoms with E-state index >= 15 is 0 Å². The van der Waals surface area contributed by atoms with Crippen LogP contribution in [0.2, 0.25) is 0 Å². The number of ether oxygens (including phenoxy) is 1. The number of hydrogen-bond donors (Lipinski definition) is 0. The maximum atomic E-state index is 11.6. The quantitative estimate of drug-likeness (QED) is 0.320. The first-order valence-electron chi connectivity index (χ1n) is 7.67. The third-order valence-corrected chi connectivity index (χ3v) is 4.51. The highest BCUT2D eigenvalue weighted by molar-refractivity contribution is 9.10. The minimum Gasteiger partial charge on any atom is -0.497 e. The van der Waals surface area contributed by atoms with Gasteiger partial charge in [0.1, 0.15) is 17.1 Å².